The molecule has 24 nitrogen and oxygen atoms in total. The number of hydrogen-bond donors (Lipinski definition) is 16. The summed E-state index contributed by atoms with van der Waals surface area (Å²) >= 11 is 0. The van der Waals surface area contributed by atoms with Crippen molar-refractivity contribution >= 4 is 78.8 Å². The number of carbonyl (C=O) groups is 8. The van der Waals surface area contributed by atoms with Crippen LogP contribution in [0.25, 0.3) is 0 Å². The molecule has 0 saturated heterocycles. The van der Waals surface area contributed by atoms with Crippen molar-refractivity contribution in [1.82, 2.24) is 0 Å². The summed E-state index contributed by atoms with van der Waals surface area (Å²) in [6, 6.07) is 0. The molecule has 0 aromatic heterocycles. The molecule has 0 fully saturated rings. The molecule has 194 valence electrons. The Morgan fingerprint density at radius 2 is 0.212 bits per heavy atom. The molecule has 0 spiro atoms. The molecule has 25 heteroatoms. The van der Waals surface area contributed by atoms with Gasteiger partial charge in [-0.05, 0) is 0 Å². The standard InChI is InChI=1S/8CH2O3.Na.H/c8*2-1(3)4;;/h8*(H2,2,3,4);;. The summed E-state index contributed by atoms with van der Waals surface area (Å²) in [5.74, 6) is 0. The monoisotopic (exact) mass is 520 g/mol. The molecule has 0 unspecified atom stereocenters. The van der Waals surface area contributed by atoms with E-state index in [1.807, 2.05) is 0 Å². The van der Waals surface area contributed by atoms with Crippen LogP contribution in [-0.4, -0.2) is 161 Å². The fraction of sp³-hybridized carbons (Fsp3) is 0. The van der Waals surface area contributed by atoms with E-state index in [1.165, 1.54) is 0 Å². The van der Waals surface area contributed by atoms with Crippen LogP contribution >= 0.6 is 0 Å². The van der Waals surface area contributed by atoms with E-state index >= 15 is 0 Å². The number of carboxylic acid groups (broad SMARTS) is 16. The average Bonchev–Trinajstić information content (AvgIpc) is 2.30. The molecule has 16 N–H and O–H groups in total. The van der Waals surface area contributed by atoms with Gasteiger partial charge in [0, 0.05) is 0 Å². The summed E-state index contributed by atoms with van der Waals surface area (Å²) in [7, 11) is 0. The SMILES string of the molecule is O=C(O)O.O=C(O)O.O=C(O)O.O=C(O)O.O=C(O)O.O=C(O)O.O=C(O)O.O=C(O)O.[NaH]. The summed E-state index contributed by atoms with van der Waals surface area (Å²) in [5, 5.41) is 112. The summed E-state index contributed by atoms with van der Waals surface area (Å²) < 4.78 is 0. The topological polar surface area (TPSA) is 460 Å². The summed E-state index contributed by atoms with van der Waals surface area (Å²) in [6.45, 7) is 0. The molecule has 33 heavy (non-hydrogen) atoms. The first-order chi connectivity index (χ1) is 13.9. The molecule has 0 rings (SSSR count). The van der Waals surface area contributed by atoms with Crippen LogP contribution in [0.2, 0.25) is 0 Å². The van der Waals surface area contributed by atoms with Crippen LogP contribution in [0, 0.1) is 0 Å². The summed E-state index contributed by atoms with van der Waals surface area (Å²) in [6.07, 6.45) is -14.7. The van der Waals surface area contributed by atoms with Crippen LogP contribution in [0.4, 0.5) is 38.4 Å². The molecule has 0 saturated carbocycles. The van der Waals surface area contributed by atoms with Gasteiger partial charge >= 0.3 is 78.8 Å². The molecular formula is C8H17NaO24. The quantitative estimate of drug-likeness (QED) is 0.199. The van der Waals surface area contributed by atoms with Crippen molar-refractivity contribution < 1.29 is 120 Å². The molecule has 0 bridgehead atoms. The van der Waals surface area contributed by atoms with E-state index in [2.05, 4.69) is 0 Å². The summed E-state index contributed by atoms with van der Waals surface area (Å²) in [4.78, 5) is 68.4. The van der Waals surface area contributed by atoms with Crippen LogP contribution in [-0.2, 0) is 0 Å². The molecule has 0 amide bonds. The van der Waals surface area contributed by atoms with Gasteiger partial charge in [0.2, 0.25) is 0 Å². The van der Waals surface area contributed by atoms with Crippen LogP contribution in [0.3, 0.4) is 0 Å². The minimum atomic E-state index is -1.83. The van der Waals surface area contributed by atoms with E-state index in [1.54, 1.807) is 0 Å². The van der Waals surface area contributed by atoms with Crippen LogP contribution in [0.5, 0.6) is 0 Å². The van der Waals surface area contributed by atoms with Crippen molar-refractivity contribution in [3.8, 4) is 0 Å². The van der Waals surface area contributed by atoms with Gasteiger partial charge in [-0.25, -0.2) is 38.4 Å². The van der Waals surface area contributed by atoms with Crippen LogP contribution in [0.15, 0.2) is 0 Å². The van der Waals surface area contributed by atoms with Gasteiger partial charge < -0.3 is 81.7 Å². The Labute approximate surface area is 199 Å². The van der Waals surface area contributed by atoms with Crippen LogP contribution in [0.1, 0.15) is 0 Å². The third-order valence-electron chi connectivity index (χ3n) is 0. The normalized spacial score (nSPS) is 5.82. The van der Waals surface area contributed by atoms with E-state index in [0.29, 0.717) is 0 Å². The number of hydrogen-bond acceptors (Lipinski definition) is 8. The summed E-state index contributed by atoms with van der Waals surface area (Å²) in [5.41, 5.74) is 0. The first-order valence-corrected chi connectivity index (χ1v) is 5.21. The van der Waals surface area contributed by atoms with Crippen LogP contribution < -0.4 is 0 Å². The Balaban J connectivity index is -0.0000000284. The van der Waals surface area contributed by atoms with E-state index in [4.69, 9.17) is 120 Å². The Kier molecular flexibility index (Phi) is 86.8. The minimum absolute atomic E-state index is 0. The van der Waals surface area contributed by atoms with Gasteiger partial charge in [-0.15, -0.1) is 0 Å². The van der Waals surface area contributed by atoms with Crippen molar-refractivity contribution in [2.75, 3.05) is 0 Å². The van der Waals surface area contributed by atoms with Crippen molar-refractivity contribution in [2.45, 2.75) is 0 Å². The third kappa shape index (κ3) is 734. The zero-order valence-electron chi connectivity index (χ0n) is 14.4. The van der Waals surface area contributed by atoms with Crippen molar-refractivity contribution in [1.29, 1.82) is 0 Å². The zero-order valence-corrected chi connectivity index (χ0v) is 14.4. The molecule has 0 heterocycles. The second kappa shape index (κ2) is 50.6. The fourth-order valence-electron chi connectivity index (χ4n) is 0. The van der Waals surface area contributed by atoms with E-state index < -0.39 is 49.2 Å². The Bertz CT molecular complexity index is 361. The predicted octanol–water partition coefficient (Wildman–Crippen LogP) is 1.13. The second-order valence-electron chi connectivity index (χ2n) is 2.26. The molecule has 0 aliphatic rings. The average molecular weight is 520 g/mol. The second-order valence-corrected chi connectivity index (χ2v) is 2.26. The van der Waals surface area contributed by atoms with Gasteiger partial charge in [-0.2, -0.15) is 0 Å². The van der Waals surface area contributed by atoms with Crippen molar-refractivity contribution in [2.24, 2.45) is 0 Å². The maximum atomic E-state index is 8.56. The first-order valence-electron chi connectivity index (χ1n) is 5.21. The molecule has 0 atom stereocenters. The number of rotatable bonds is 0. The molecular weight excluding hydrogens is 503 g/mol. The third-order valence-corrected chi connectivity index (χ3v) is 0. The fourth-order valence-corrected chi connectivity index (χ4v) is 0. The van der Waals surface area contributed by atoms with Gasteiger partial charge in [0.15, 0.2) is 0 Å². The van der Waals surface area contributed by atoms with Gasteiger partial charge in [0.1, 0.15) is 0 Å². The molecule has 0 aliphatic carbocycles. The first kappa shape index (κ1) is 56.6. The Hall–Kier alpha value is -4.84. The van der Waals surface area contributed by atoms with E-state index in [9.17, 15) is 0 Å². The van der Waals surface area contributed by atoms with E-state index in [0.717, 1.165) is 0 Å². The molecule has 0 radical (unpaired) electrons. The Morgan fingerprint density at radius 1 is 0.212 bits per heavy atom. The van der Waals surface area contributed by atoms with Gasteiger partial charge in [0.25, 0.3) is 0 Å². The zero-order chi connectivity index (χ0) is 28.6. The van der Waals surface area contributed by atoms with Crippen molar-refractivity contribution in [3.05, 3.63) is 0 Å². The van der Waals surface area contributed by atoms with Gasteiger partial charge in [-0.1, -0.05) is 0 Å². The molecule has 0 aliphatic heterocycles. The van der Waals surface area contributed by atoms with Crippen molar-refractivity contribution in [3.63, 3.8) is 0 Å². The Morgan fingerprint density at radius 3 is 0.212 bits per heavy atom. The predicted molar refractivity (Wildman–Crippen MR) is 92.4 cm³/mol. The van der Waals surface area contributed by atoms with Gasteiger partial charge in [-0.3, -0.25) is 0 Å². The molecule has 0 aromatic carbocycles. The van der Waals surface area contributed by atoms with Gasteiger partial charge in [0.05, 0.1) is 0 Å². The maximum absolute atomic E-state index is 8.56. The van der Waals surface area contributed by atoms with E-state index in [-0.39, 0.29) is 29.6 Å². The molecule has 0 aromatic rings.